The van der Waals surface area contributed by atoms with Gasteiger partial charge in [0.15, 0.2) is 0 Å². The molecule has 1 aromatic rings. The van der Waals surface area contributed by atoms with Crippen LogP contribution in [0.4, 0.5) is 0 Å². The molecule has 0 radical (unpaired) electrons. The molecule has 2 heteroatoms. The van der Waals surface area contributed by atoms with E-state index in [9.17, 15) is 0 Å². The number of hydrogen-bond acceptors (Lipinski definition) is 0. The van der Waals surface area contributed by atoms with Gasteiger partial charge in [0.25, 0.3) is 0 Å². The van der Waals surface area contributed by atoms with Crippen LogP contribution >= 0.6 is 15.9 Å². The molecule has 1 aliphatic carbocycles. The van der Waals surface area contributed by atoms with Crippen molar-refractivity contribution in [1.29, 1.82) is 0 Å². The summed E-state index contributed by atoms with van der Waals surface area (Å²) < 4.78 is 0. The number of rotatable bonds is 2. The molecule has 0 saturated heterocycles. The van der Waals surface area contributed by atoms with E-state index in [4.69, 9.17) is 0 Å². The van der Waals surface area contributed by atoms with Crippen molar-refractivity contribution in [2.24, 2.45) is 0 Å². The maximum atomic E-state index is 3.62. The fraction of sp³-hybridized carbons (Fsp3) is 0.273. The van der Waals surface area contributed by atoms with Crippen LogP contribution in [-0.4, -0.2) is 56.2 Å². The SMILES string of the molecule is BrC1CC=C1Cc1ccccc1.[KH]. The molecule has 0 saturated carbocycles. The molecule has 0 aliphatic heterocycles. The van der Waals surface area contributed by atoms with Gasteiger partial charge < -0.3 is 0 Å². The van der Waals surface area contributed by atoms with Crippen LogP contribution in [0.1, 0.15) is 12.0 Å². The second kappa shape index (κ2) is 5.84. The quantitative estimate of drug-likeness (QED) is 0.437. The number of allylic oxidation sites excluding steroid dienone is 2. The summed E-state index contributed by atoms with van der Waals surface area (Å²) in [5, 5.41) is 0. The second-order valence-corrected chi connectivity index (χ2v) is 4.25. The third kappa shape index (κ3) is 3.29. The van der Waals surface area contributed by atoms with E-state index < -0.39 is 0 Å². The predicted molar refractivity (Wildman–Crippen MR) is 62.7 cm³/mol. The van der Waals surface area contributed by atoms with Gasteiger partial charge in [-0.15, -0.1) is 0 Å². The second-order valence-electron chi connectivity index (χ2n) is 3.14. The first-order valence-electron chi connectivity index (χ1n) is 4.23. The first kappa shape index (κ1) is 12.1. The molecule has 64 valence electrons. The first-order chi connectivity index (χ1) is 5.86. The van der Waals surface area contributed by atoms with E-state index in [-0.39, 0.29) is 51.4 Å². The number of alkyl halides is 1. The number of benzene rings is 1. The Labute approximate surface area is 130 Å². The van der Waals surface area contributed by atoms with Crippen molar-refractivity contribution in [2.45, 2.75) is 17.7 Å². The van der Waals surface area contributed by atoms with Gasteiger partial charge in [-0.3, -0.25) is 0 Å². The molecular weight excluding hydrogens is 251 g/mol. The van der Waals surface area contributed by atoms with Crippen LogP contribution < -0.4 is 0 Å². The Balaban J connectivity index is 0.000000845. The van der Waals surface area contributed by atoms with Crippen molar-refractivity contribution in [3.8, 4) is 0 Å². The van der Waals surface area contributed by atoms with E-state index in [1.165, 1.54) is 17.6 Å². The van der Waals surface area contributed by atoms with Crippen molar-refractivity contribution in [1.82, 2.24) is 0 Å². The summed E-state index contributed by atoms with van der Waals surface area (Å²) in [7, 11) is 0. The maximum absolute atomic E-state index is 3.62. The van der Waals surface area contributed by atoms with Gasteiger partial charge in [0.2, 0.25) is 0 Å². The molecule has 1 unspecified atom stereocenters. The Hall–Kier alpha value is 1.08. The predicted octanol–water partition coefficient (Wildman–Crippen LogP) is 2.67. The molecular formula is C11H12BrK. The molecule has 2 rings (SSSR count). The average molecular weight is 263 g/mol. The van der Waals surface area contributed by atoms with E-state index in [1.54, 1.807) is 0 Å². The molecule has 1 atom stereocenters. The van der Waals surface area contributed by atoms with Crippen molar-refractivity contribution >= 4 is 67.3 Å². The van der Waals surface area contributed by atoms with E-state index in [1.807, 2.05) is 0 Å². The van der Waals surface area contributed by atoms with E-state index in [2.05, 4.69) is 52.3 Å². The van der Waals surface area contributed by atoms with Gasteiger partial charge in [0, 0.05) is 4.83 Å². The van der Waals surface area contributed by atoms with Crippen molar-refractivity contribution in [2.75, 3.05) is 0 Å². The van der Waals surface area contributed by atoms with Gasteiger partial charge in [0.1, 0.15) is 0 Å². The summed E-state index contributed by atoms with van der Waals surface area (Å²) in [4.78, 5) is 0.637. The molecule has 1 aromatic carbocycles. The zero-order chi connectivity index (χ0) is 8.39. The summed E-state index contributed by atoms with van der Waals surface area (Å²) >= 11 is 3.62. The van der Waals surface area contributed by atoms with Crippen LogP contribution in [0.15, 0.2) is 42.0 Å². The Morgan fingerprint density at radius 3 is 2.38 bits per heavy atom. The molecule has 0 N–H and O–H groups in total. The molecule has 0 aromatic heterocycles. The zero-order valence-electron chi connectivity index (χ0n) is 6.83. The molecule has 0 heterocycles. The van der Waals surface area contributed by atoms with Crippen molar-refractivity contribution in [3.63, 3.8) is 0 Å². The summed E-state index contributed by atoms with van der Waals surface area (Å²) in [5.74, 6) is 0. The fourth-order valence-electron chi connectivity index (χ4n) is 1.39. The average Bonchev–Trinajstić information content (AvgIpc) is 2.14. The third-order valence-electron chi connectivity index (χ3n) is 2.24. The Bertz CT molecular complexity index is 292. The van der Waals surface area contributed by atoms with E-state index in [0.717, 1.165) is 6.42 Å². The van der Waals surface area contributed by atoms with Gasteiger partial charge in [-0.1, -0.05) is 57.9 Å². The van der Waals surface area contributed by atoms with Gasteiger partial charge >= 0.3 is 51.4 Å². The fourth-order valence-corrected chi connectivity index (χ4v) is 1.92. The minimum atomic E-state index is 0. The van der Waals surface area contributed by atoms with Crippen molar-refractivity contribution < 1.29 is 0 Å². The molecule has 1 aliphatic rings. The molecule has 0 nitrogen and oxygen atoms in total. The Morgan fingerprint density at radius 2 is 1.92 bits per heavy atom. The van der Waals surface area contributed by atoms with Crippen LogP contribution in [0.3, 0.4) is 0 Å². The van der Waals surface area contributed by atoms with Gasteiger partial charge in [-0.05, 0) is 18.4 Å². The molecule has 0 spiro atoms. The first-order valence-corrected chi connectivity index (χ1v) is 5.15. The van der Waals surface area contributed by atoms with Crippen LogP contribution in [-0.2, 0) is 6.42 Å². The minimum absolute atomic E-state index is 0. The van der Waals surface area contributed by atoms with Crippen molar-refractivity contribution in [3.05, 3.63) is 47.5 Å². The van der Waals surface area contributed by atoms with Crippen LogP contribution in [0.25, 0.3) is 0 Å². The summed E-state index contributed by atoms with van der Waals surface area (Å²) in [6.07, 6.45) is 4.62. The molecule has 13 heavy (non-hydrogen) atoms. The number of hydrogen-bond donors (Lipinski definition) is 0. The van der Waals surface area contributed by atoms with Crippen LogP contribution in [0, 0.1) is 0 Å². The van der Waals surface area contributed by atoms with E-state index in [0.29, 0.717) is 4.83 Å². The van der Waals surface area contributed by atoms with Gasteiger partial charge in [0.05, 0.1) is 0 Å². The van der Waals surface area contributed by atoms with Crippen LogP contribution in [0.5, 0.6) is 0 Å². The normalized spacial score (nSPS) is 19.8. The van der Waals surface area contributed by atoms with E-state index >= 15 is 0 Å². The molecule has 0 amide bonds. The monoisotopic (exact) mass is 262 g/mol. The van der Waals surface area contributed by atoms with Gasteiger partial charge in [-0.2, -0.15) is 0 Å². The Morgan fingerprint density at radius 1 is 1.23 bits per heavy atom. The molecule has 0 bridgehead atoms. The zero-order valence-corrected chi connectivity index (χ0v) is 8.42. The third-order valence-corrected chi connectivity index (χ3v) is 3.20. The number of halogens is 1. The summed E-state index contributed by atoms with van der Waals surface area (Å²) in [5.41, 5.74) is 2.94. The summed E-state index contributed by atoms with van der Waals surface area (Å²) in [6, 6.07) is 10.6. The van der Waals surface area contributed by atoms with Crippen LogP contribution in [0.2, 0.25) is 0 Å². The van der Waals surface area contributed by atoms with Gasteiger partial charge in [-0.25, -0.2) is 0 Å². The standard InChI is InChI=1S/C11H11Br.K.H/c12-11-7-6-10(11)8-9-4-2-1-3-5-9;;/h1-6,11H,7-8H2;;. The topological polar surface area (TPSA) is 0 Å². The summed E-state index contributed by atoms with van der Waals surface area (Å²) in [6.45, 7) is 0. The molecule has 0 fully saturated rings. The Kier molecular flexibility index (Phi) is 5.45.